The lowest BCUT2D eigenvalue weighted by Gasteiger charge is -2.05. The molecule has 0 fully saturated rings. The van der Waals surface area contributed by atoms with Crippen LogP contribution < -0.4 is 10.9 Å². The van der Waals surface area contributed by atoms with Crippen molar-refractivity contribution in [1.29, 1.82) is 0 Å². The number of benzene rings is 1. The van der Waals surface area contributed by atoms with Crippen LogP contribution in [0.2, 0.25) is 0 Å². The normalized spacial score (nSPS) is 10.8. The molecular formula is C12H11N5OS. The maximum Gasteiger partial charge on any atom is 0.274 e. The molecule has 0 amide bonds. The van der Waals surface area contributed by atoms with Crippen LogP contribution in [0.15, 0.2) is 35.3 Å². The summed E-state index contributed by atoms with van der Waals surface area (Å²) in [5.41, 5.74) is 0.602. The van der Waals surface area contributed by atoms with Crippen molar-refractivity contribution in [2.45, 2.75) is 6.54 Å². The molecule has 2 aromatic heterocycles. The van der Waals surface area contributed by atoms with Gasteiger partial charge in [-0.2, -0.15) is 5.10 Å². The summed E-state index contributed by atoms with van der Waals surface area (Å²) < 4.78 is 5.27. The average molecular weight is 273 g/mol. The van der Waals surface area contributed by atoms with Gasteiger partial charge < -0.3 is 5.32 Å². The summed E-state index contributed by atoms with van der Waals surface area (Å²) in [4.78, 5) is 12.3. The first-order valence-corrected chi connectivity index (χ1v) is 6.51. The average Bonchev–Trinajstić information content (AvgIpc) is 2.89. The molecule has 1 N–H and O–H groups in total. The van der Waals surface area contributed by atoms with E-state index in [1.807, 2.05) is 18.2 Å². The molecule has 2 heterocycles. The van der Waals surface area contributed by atoms with Crippen LogP contribution in [0.1, 0.15) is 5.69 Å². The van der Waals surface area contributed by atoms with Gasteiger partial charge in [0.1, 0.15) is 10.7 Å². The van der Waals surface area contributed by atoms with Gasteiger partial charge >= 0.3 is 0 Å². The van der Waals surface area contributed by atoms with E-state index in [1.54, 1.807) is 19.3 Å². The van der Waals surface area contributed by atoms with Gasteiger partial charge in [0, 0.05) is 24.0 Å². The second-order valence-electron chi connectivity index (χ2n) is 3.99. The van der Waals surface area contributed by atoms with Gasteiger partial charge in [-0.25, -0.2) is 4.68 Å². The molecule has 0 radical (unpaired) electrons. The van der Waals surface area contributed by atoms with E-state index in [1.165, 1.54) is 16.2 Å². The van der Waals surface area contributed by atoms with Crippen molar-refractivity contribution in [3.8, 4) is 0 Å². The minimum Gasteiger partial charge on any atom is -0.377 e. The van der Waals surface area contributed by atoms with E-state index in [0.29, 0.717) is 11.9 Å². The fourth-order valence-corrected chi connectivity index (χ4v) is 2.41. The molecule has 3 aromatic rings. The van der Waals surface area contributed by atoms with Crippen molar-refractivity contribution < 1.29 is 0 Å². The van der Waals surface area contributed by atoms with E-state index in [9.17, 15) is 4.79 Å². The number of fused-ring (bicyclic) bond motifs is 1. The molecule has 96 valence electrons. The lowest BCUT2D eigenvalue weighted by molar-refractivity contribution is 0.635. The van der Waals surface area contributed by atoms with Crippen molar-refractivity contribution in [1.82, 2.24) is 19.4 Å². The summed E-state index contributed by atoms with van der Waals surface area (Å²) in [6.07, 6.45) is 1.69. The van der Waals surface area contributed by atoms with Crippen LogP contribution in [0.5, 0.6) is 0 Å². The number of nitrogens with one attached hydrogen (secondary N) is 1. The maximum absolute atomic E-state index is 12.3. The Morgan fingerprint density at radius 2 is 2.21 bits per heavy atom. The van der Waals surface area contributed by atoms with E-state index < -0.39 is 0 Å². The Kier molecular flexibility index (Phi) is 2.96. The van der Waals surface area contributed by atoms with Crippen molar-refractivity contribution in [2.24, 2.45) is 0 Å². The summed E-state index contributed by atoms with van der Waals surface area (Å²) in [7, 11) is 1.80. The molecule has 0 aliphatic rings. The molecule has 0 bridgehead atoms. The Morgan fingerprint density at radius 1 is 1.37 bits per heavy atom. The fraction of sp³-hybridized carbons (Fsp3) is 0.167. The Morgan fingerprint density at radius 3 is 3.05 bits per heavy atom. The number of hydrogen-bond acceptors (Lipinski definition) is 6. The number of hydrogen-bond donors (Lipinski definition) is 1. The zero-order chi connectivity index (χ0) is 13.2. The van der Waals surface area contributed by atoms with Crippen molar-refractivity contribution >= 4 is 27.3 Å². The van der Waals surface area contributed by atoms with Gasteiger partial charge in [0.25, 0.3) is 5.56 Å². The largest absolute Gasteiger partial charge is 0.377 e. The summed E-state index contributed by atoms with van der Waals surface area (Å²) >= 11 is 1.26. The molecule has 0 saturated heterocycles. The third-order valence-corrected chi connectivity index (χ3v) is 3.63. The third-order valence-electron chi connectivity index (χ3n) is 2.84. The van der Waals surface area contributed by atoms with E-state index in [2.05, 4.69) is 20.0 Å². The van der Waals surface area contributed by atoms with Gasteiger partial charge in [0.2, 0.25) is 0 Å². The minimum atomic E-state index is -0.117. The summed E-state index contributed by atoms with van der Waals surface area (Å²) in [5, 5.41) is 13.5. The predicted octanol–water partition coefficient (Wildman–Crippen LogP) is 1.34. The zero-order valence-electron chi connectivity index (χ0n) is 10.2. The van der Waals surface area contributed by atoms with Gasteiger partial charge in [-0.15, -0.1) is 5.10 Å². The van der Waals surface area contributed by atoms with Crippen LogP contribution in [-0.4, -0.2) is 26.4 Å². The molecule has 1 aromatic carbocycles. The molecule has 0 unspecified atom stereocenters. The van der Waals surface area contributed by atoms with E-state index in [4.69, 9.17) is 0 Å². The van der Waals surface area contributed by atoms with Crippen LogP contribution in [0.25, 0.3) is 10.8 Å². The smallest absolute Gasteiger partial charge is 0.274 e. The third kappa shape index (κ3) is 2.08. The van der Waals surface area contributed by atoms with Gasteiger partial charge in [-0.05, 0) is 6.07 Å². The Labute approximate surface area is 112 Å². The van der Waals surface area contributed by atoms with Crippen molar-refractivity contribution in [2.75, 3.05) is 12.4 Å². The quantitative estimate of drug-likeness (QED) is 0.779. The lowest BCUT2D eigenvalue weighted by atomic mass is 10.2. The van der Waals surface area contributed by atoms with Crippen LogP contribution in [0.4, 0.5) is 5.00 Å². The molecule has 19 heavy (non-hydrogen) atoms. The van der Waals surface area contributed by atoms with Crippen LogP contribution in [-0.2, 0) is 6.54 Å². The van der Waals surface area contributed by atoms with Gasteiger partial charge in [-0.1, -0.05) is 22.7 Å². The van der Waals surface area contributed by atoms with E-state index >= 15 is 0 Å². The van der Waals surface area contributed by atoms with Crippen LogP contribution in [0.3, 0.4) is 0 Å². The number of anilines is 1. The summed E-state index contributed by atoms with van der Waals surface area (Å²) in [6.45, 7) is 0.316. The molecular weight excluding hydrogens is 262 g/mol. The molecule has 0 saturated carbocycles. The zero-order valence-corrected chi connectivity index (χ0v) is 11.0. The number of nitrogens with zero attached hydrogens (tertiary/aromatic N) is 4. The second kappa shape index (κ2) is 4.77. The van der Waals surface area contributed by atoms with Gasteiger partial charge in [-0.3, -0.25) is 4.79 Å². The predicted molar refractivity (Wildman–Crippen MR) is 74.6 cm³/mol. The highest BCUT2D eigenvalue weighted by Crippen LogP contribution is 2.17. The molecule has 0 aliphatic heterocycles. The lowest BCUT2D eigenvalue weighted by Crippen LogP contribution is -2.23. The highest BCUT2D eigenvalue weighted by atomic mass is 32.1. The van der Waals surface area contributed by atoms with Gasteiger partial charge in [0.05, 0.1) is 18.1 Å². The summed E-state index contributed by atoms with van der Waals surface area (Å²) in [6, 6.07) is 7.40. The summed E-state index contributed by atoms with van der Waals surface area (Å²) in [5.74, 6) is 0. The van der Waals surface area contributed by atoms with Crippen LogP contribution in [0, 0.1) is 0 Å². The van der Waals surface area contributed by atoms with Gasteiger partial charge in [0.15, 0.2) is 0 Å². The molecule has 6 nitrogen and oxygen atoms in total. The SMILES string of the molecule is CNc1snnc1Cn1ncc2ccccc2c1=O. The van der Waals surface area contributed by atoms with Crippen LogP contribution >= 0.6 is 11.5 Å². The Bertz CT molecular complexity index is 779. The molecule has 7 heteroatoms. The first kappa shape index (κ1) is 11.8. The molecule has 3 rings (SSSR count). The van der Waals surface area contributed by atoms with E-state index in [0.717, 1.165) is 16.1 Å². The Hall–Kier alpha value is -2.28. The van der Waals surface area contributed by atoms with Crippen molar-refractivity contribution in [3.63, 3.8) is 0 Å². The second-order valence-corrected chi connectivity index (χ2v) is 4.75. The molecule has 0 spiro atoms. The fourth-order valence-electron chi connectivity index (χ4n) is 1.88. The molecule has 0 atom stereocenters. The topological polar surface area (TPSA) is 72.7 Å². The monoisotopic (exact) mass is 273 g/mol. The number of aromatic nitrogens is 4. The maximum atomic E-state index is 12.3. The van der Waals surface area contributed by atoms with Crippen molar-refractivity contribution in [3.05, 3.63) is 46.5 Å². The number of rotatable bonds is 3. The highest BCUT2D eigenvalue weighted by molar-refractivity contribution is 7.10. The Balaban J connectivity index is 2.07. The van der Waals surface area contributed by atoms with E-state index in [-0.39, 0.29) is 5.56 Å². The standard InChI is InChI=1S/C12H11N5OS/c1-13-11-10(15-16-19-11)7-17-12(18)9-5-3-2-4-8(9)6-14-17/h2-6,13H,7H2,1H3. The minimum absolute atomic E-state index is 0.117. The highest BCUT2D eigenvalue weighted by Gasteiger charge is 2.10. The molecule has 0 aliphatic carbocycles. The first-order chi connectivity index (χ1) is 9.29. The first-order valence-electron chi connectivity index (χ1n) is 5.73.